The van der Waals surface area contributed by atoms with Crippen LogP contribution in [0.5, 0.6) is 0 Å². The van der Waals surface area contributed by atoms with Crippen LogP contribution >= 0.6 is 0 Å². The number of rotatable bonds is 8. The fourth-order valence-corrected chi connectivity index (χ4v) is 3.71. The Hall–Kier alpha value is -0.170. The molecule has 106 valence electrons. The van der Waals surface area contributed by atoms with Gasteiger partial charge in [-0.1, -0.05) is 6.92 Å². The van der Waals surface area contributed by atoms with Gasteiger partial charge in [-0.2, -0.15) is 0 Å². The van der Waals surface area contributed by atoms with E-state index in [4.69, 9.17) is 0 Å². The number of nitrogens with zero attached hydrogens (tertiary/aromatic N) is 1. The molecule has 1 saturated heterocycles. The lowest BCUT2D eigenvalue weighted by Gasteiger charge is -2.16. The molecular formula is C12H25N3O2S. The highest BCUT2D eigenvalue weighted by atomic mass is 32.2. The van der Waals surface area contributed by atoms with Crippen molar-refractivity contribution in [2.45, 2.75) is 44.7 Å². The van der Waals surface area contributed by atoms with Crippen LogP contribution < -0.4 is 10.0 Å². The van der Waals surface area contributed by atoms with Gasteiger partial charge in [-0.05, 0) is 32.2 Å². The Morgan fingerprint density at radius 1 is 1.22 bits per heavy atom. The molecule has 1 atom stereocenters. The van der Waals surface area contributed by atoms with Crippen molar-refractivity contribution < 1.29 is 8.42 Å². The van der Waals surface area contributed by atoms with Crippen LogP contribution in [0.3, 0.4) is 0 Å². The predicted octanol–water partition coefficient (Wildman–Crippen LogP) is 0.142. The highest BCUT2D eigenvalue weighted by molar-refractivity contribution is 7.89. The van der Waals surface area contributed by atoms with Gasteiger partial charge in [-0.3, -0.25) is 4.90 Å². The van der Waals surface area contributed by atoms with E-state index in [1.54, 1.807) is 0 Å². The third kappa shape index (κ3) is 4.50. The third-order valence-corrected chi connectivity index (χ3v) is 5.04. The first-order valence-electron chi connectivity index (χ1n) is 7.05. The van der Waals surface area contributed by atoms with E-state index in [0.717, 1.165) is 38.5 Å². The zero-order chi connectivity index (χ0) is 13.0. The number of hydrogen-bond donors (Lipinski definition) is 2. The van der Waals surface area contributed by atoms with Crippen LogP contribution in [0.25, 0.3) is 0 Å². The van der Waals surface area contributed by atoms with Crippen LogP contribution in [0.15, 0.2) is 0 Å². The number of sulfonamides is 1. The van der Waals surface area contributed by atoms with Crippen molar-refractivity contribution >= 4 is 10.0 Å². The molecule has 1 aliphatic carbocycles. The van der Waals surface area contributed by atoms with E-state index in [1.807, 2.05) is 0 Å². The zero-order valence-corrected chi connectivity index (χ0v) is 12.0. The first-order chi connectivity index (χ1) is 8.61. The molecular weight excluding hydrogens is 250 g/mol. The molecule has 0 amide bonds. The van der Waals surface area contributed by atoms with Crippen LogP contribution in [-0.4, -0.2) is 57.3 Å². The summed E-state index contributed by atoms with van der Waals surface area (Å²) in [6.45, 7) is 5.44. The first kappa shape index (κ1) is 14.2. The van der Waals surface area contributed by atoms with Gasteiger partial charge in [-0.15, -0.1) is 0 Å². The van der Waals surface area contributed by atoms with Gasteiger partial charge >= 0.3 is 0 Å². The lowest BCUT2D eigenvalue weighted by molar-refractivity contribution is 0.322. The summed E-state index contributed by atoms with van der Waals surface area (Å²) in [5.41, 5.74) is 0. The van der Waals surface area contributed by atoms with Gasteiger partial charge in [0.1, 0.15) is 0 Å². The standard InChI is InChI=1S/C12H25N3O2S/c1-2-6-13-7-9-18(16,17)14-11-5-8-15(10-11)12-3-4-12/h11-14H,2-10H2,1H3. The number of hydrogen-bond acceptors (Lipinski definition) is 4. The lowest BCUT2D eigenvalue weighted by atomic mass is 10.3. The maximum absolute atomic E-state index is 11.9. The third-order valence-electron chi connectivity index (χ3n) is 3.60. The summed E-state index contributed by atoms with van der Waals surface area (Å²) in [7, 11) is -3.11. The maximum atomic E-state index is 11.9. The van der Waals surface area contributed by atoms with E-state index in [2.05, 4.69) is 21.9 Å². The Balaban J connectivity index is 1.67. The molecule has 0 aromatic heterocycles. The van der Waals surface area contributed by atoms with Crippen molar-refractivity contribution in [2.75, 3.05) is 31.9 Å². The van der Waals surface area contributed by atoms with Crippen LogP contribution in [0.4, 0.5) is 0 Å². The minimum atomic E-state index is -3.11. The van der Waals surface area contributed by atoms with Gasteiger partial charge in [-0.25, -0.2) is 13.1 Å². The molecule has 6 heteroatoms. The Morgan fingerprint density at radius 2 is 2.00 bits per heavy atom. The van der Waals surface area contributed by atoms with E-state index in [0.29, 0.717) is 6.54 Å². The molecule has 0 aromatic carbocycles. The Labute approximate surface area is 110 Å². The summed E-state index contributed by atoms with van der Waals surface area (Å²) in [6, 6.07) is 0.868. The second-order valence-corrected chi connectivity index (χ2v) is 7.27. The highest BCUT2D eigenvalue weighted by Crippen LogP contribution is 2.29. The van der Waals surface area contributed by atoms with Gasteiger partial charge in [0, 0.05) is 31.7 Å². The predicted molar refractivity (Wildman–Crippen MR) is 73.1 cm³/mol. The Bertz CT molecular complexity index is 354. The zero-order valence-electron chi connectivity index (χ0n) is 11.2. The second kappa shape index (κ2) is 6.32. The molecule has 2 N–H and O–H groups in total. The molecule has 2 rings (SSSR count). The van der Waals surface area contributed by atoms with Crippen molar-refractivity contribution in [3.05, 3.63) is 0 Å². The number of likely N-dealkylation sites (tertiary alicyclic amines) is 1. The van der Waals surface area contributed by atoms with Gasteiger partial charge in [0.2, 0.25) is 10.0 Å². The molecule has 1 saturated carbocycles. The average molecular weight is 275 g/mol. The topological polar surface area (TPSA) is 61.4 Å². The van der Waals surface area contributed by atoms with E-state index < -0.39 is 10.0 Å². The molecule has 0 spiro atoms. The van der Waals surface area contributed by atoms with Crippen molar-refractivity contribution in [2.24, 2.45) is 0 Å². The molecule has 1 unspecified atom stereocenters. The van der Waals surface area contributed by atoms with Crippen LogP contribution in [-0.2, 0) is 10.0 Å². The average Bonchev–Trinajstić information content (AvgIpc) is 3.07. The summed E-state index contributed by atoms with van der Waals surface area (Å²) in [5.74, 6) is 0.187. The highest BCUT2D eigenvalue weighted by Gasteiger charge is 2.35. The minimum absolute atomic E-state index is 0.127. The van der Waals surface area contributed by atoms with Crippen LogP contribution in [0.1, 0.15) is 32.6 Å². The summed E-state index contributed by atoms with van der Waals surface area (Å²) in [6.07, 6.45) is 4.57. The number of nitrogens with one attached hydrogen (secondary N) is 2. The van der Waals surface area contributed by atoms with Crippen LogP contribution in [0, 0.1) is 0 Å². The minimum Gasteiger partial charge on any atom is -0.316 e. The summed E-state index contributed by atoms with van der Waals surface area (Å²) >= 11 is 0. The smallest absolute Gasteiger partial charge is 0.213 e. The summed E-state index contributed by atoms with van der Waals surface area (Å²) < 4.78 is 26.6. The van der Waals surface area contributed by atoms with E-state index in [-0.39, 0.29) is 11.8 Å². The second-order valence-electron chi connectivity index (χ2n) is 5.40. The fourth-order valence-electron chi connectivity index (χ4n) is 2.48. The van der Waals surface area contributed by atoms with Gasteiger partial charge in [0.15, 0.2) is 0 Å². The Morgan fingerprint density at radius 3 is 2.67 bits per heavy atom. The lowest BCUT2D eigenvalue weighted by Crippen LogP contribution is -2.40. The van der Waals surface area contributed by atoms with Gasteiger partial charge in [0.25, 0.3) is 0 Å². The van der Waals surface area contributed by atoms with Crippen LogP contribution in [0.2, 0.25) is 0 Å². The fraction of sp³-hybridized carbons (Fsp3) is 1.00. The summed E-state index contributed by atoms with van der Waals surface area (Å²) in [4.78, 5) is 2.42. The van der Waals surface area contributed by atoms with Crippen molar-refractivity contribution in [3.63, 3.8) is 0 Å². The molecule has 0 bridgehead atoms. The van der Waals surface area contributed by atoms with Crippen molar-refractivity contribution in [1.29, 1.82) is 0 Å². The molecule has 1 aliphatic heterocycles. The molecule has 0 aromatic rings. The molecule has 18 heavy (non-hydrogen) atoms. The quantitative estimate of drug-likeness (QED) is 0.619. The molecule has 2 fully saturated rings. The molecule has 0 radical (unpaired) electrons. The van der Waals surface area contributed by atoms with Gasteiger partial charge < -0.3 is 5.32 Å². The Kier molecular flexibility index (Phi) is 5.00. The first-order valence-corrected chi connectivity index (χ1v) is 8.70. The molecule has 5 nitrogen and oxygen atoms in total. The molecule has 1 heterocycles. The summed E-state index contributed by atoms with van der Waals surface area (Å²) in [5, 5.41) is 3.12. The van der Waals surface area contributed by atoms with E-state index in [9.17, 15) is 8.42 Å². The monoisotopic (exact) mass is 275 g/mol. The van der Waals surface area contributed by atoms with Gasteiger partial charge in [0.05, 0.1) is 5.75 Å². The van der Waals surface area contributed by atoms with E-state index in [1.165, 1.54) is 12.8 Å². The van der Waals surface area contributed by atoms with E-state index >= 15 is 0 Å². The maximum Gasteiger partial charge on any atom is 0.213 e. The van der Waals surface area contributed by atoms with Crippen molar-refractivity contribution in [1.82, 2.24) is 14.9 Å². The largest absolute Gasteiger partial charge is 0.316 e. The normalized spacial score (nSPS) is 25.7. The van der Waals surface area contributed by atoms with Crippen molar-refractivity contribution in [3.8, 4) is 0 Å². The molecule has 2 aliphatic rings. The SMILES string of the molecule is CCCNCCS(=O)(=O)NC1CCN(C2CC2)C1.